The Hall–Kier alpha value is -2.37. The molecular formula is C29H22ClI2NO4. The summed E-state index contributed by atoms with van der Waals surface area (Å²) in [6, 6.07) is 19.1. The topological polar surface area (TPSA) is 64.6 Å². The van der Waals surface area contributed by atoms with Crippen LogP contribution in [0.3, 0.4) is 0 Å². The maximum atomic E-state index is 13.7. The summed E-state index contributed by atoms with van der Waals surface area (Å²) in [7, 11) is 0. The van der Waals surface area contributed by atoms with Crippen molar-refractivity contribution in [3.8, 4) is 5.75 Å². The minimum atomic E-state index is -0.574. The second kappa shape index (κ2) is 10.8. The van der Waals surface area contributed by atoms with Gasteiger partial charge in [-0.05, 0) is 82.8 Å². The second-order valence-electron chi connectivity index (χ2n) is 8.67. The average Bonchev–Trinajstić information content (AvgIpc) is 3.15. The Morgan fingerprint density at radius 2 is 1.68 bits per heavy atom. The Bertz CT molecular complexity index is 1490. The van der Waals surface area contributed by atoms with E-state index < -0.39 is 11.9 Å². The zero-order valence-electron chi connectivity index (χ0n) is 20.0. The molecule has 3 aromatic carbocycles. The maximum Gasteiger partial charge on any atom is 0.336 e. The van der Waals surface area contributed by atoms with E-state index >= 15 is 0 Å². The van der Waals surface area contributed by atoms with E-state index in [1.54, 1.807) is 6.92 Å². The van der Waals surface area contributed by atoms with Gasteiger partial charge in [-0.1, -0.05) is 54.1 Å². The van der Waals surface area contributed by atoms with Crippen molar-refractivity contribution in [3.05, 3.63) is 112 Å². The highest BCUT2D eigenvalue weighted by Gasteiger charge is 2.43. The number of esters is 1. The maximum absolute atomic E-state index is 13.7. The van der Waals surface area contributed by atoms with Gasteiger partial charge in [0.05, 0.1) is 25.0 Å². The van der Waals surface area contributed by atoms with Crippen molar-refractivity contribution in [1.82, 2.24) is 5.32 Å². The normalized spacial score (nSPS) is 16.4. The molecule has 0 amide bonds. The molecule has 0 aromatic heterocycles. The van der Waals surface area contributed by atoms with Crippen LogP contribution in [0.15, 0.2) is 77.5 Å². The predicted octanol–water partition coefficient (Wildman–Crippen LogP) is 7.26. The Balaban J connectivity index is 1.59. The smallest absolute Gasteiger partial charge is 0.336 e. The first-order valence-corrected chi connectivity index (χ1v) is 14.2. The molecular weight excluding hydrogens is 716 g/mol. The fourth-order valence-electron chi connectivity index (χ4n) is 4.79. The van der Waals surface area contributed by atoms with E-state index in [4.69, 9.17) is 21.1 Å². The van der Waals surface area contributed by atoms with Gasteiger partial charge < -0.3 is 14.8 Å². The van der Waals surface area contributed by atoms with Crippen molar-refractivity contribution in [2.75, 3.05) is 6.61 Å². The molecule has 8 heteroatoms. The first-order valence-electron chi connectivity index (χ1n) is 11.7. The summed E-state index contributed by atoms with van der Waals surface area (Å²) < 4.78 is 13.4. The summed E-state index contributed by atoms with van der Waals surface area (Å²) >= 11 is 10.8. The molecule has 0 saturated heterocycles. The van der Waals surface area contributed by atoms with Crippen LogP contribution in [-0.4, -0.2) is 18.4 Å². The van der Waals surface area contributed by atoms with Gasteiger partial charge >= 0.3 is 5.97 Å². The zero-order valence-corrected chi connectivity index (χ0v) is 25.1. The van der Waals surface area contributed by atoms with Gasteiger partial charge in [0.15, 0.2) is 5.78 Å². The third-order valence-electron chi connectivity index (χ3n) is 6.43. The number of benzene rings is 3. The molecule has 5 nitrogen and oxygen atoms in total. The number of hydrogen-bond donors (Lipinski definition) is 1. The summed E-state index contributed by atoms with van der Waals surface area (Å²) in [5.74, 6) is -0.361. The van der Waals surface area contributed by atoms with Crippen LogP contribution in [-0.2, 0) is 16.1 Å². The molecule has 0 radical (unpaired) electrons. The van der Waals surface area contributed by atoms with Crippen molar-refractivity contribution in [1.29, 1.82) is 0 Å². The summed E-state index contributed by atoms with van der Waals surface area (Å²) in [5.41, 5.74) is 5.63. The number of ether oxygens (including phenoxy) is 2. The number of fused-ring (bicyclic) bond motifs is 2. The van der Waals surface area contributed by atoms with Crippen molar-refractivity contribution in [2.45, 2.75) is 26.4 Å². The van der Waals surface area contributed by atoms with Gasteiger partial charge in [0.2, 0.25) is 0 Å². The molecule has 3 aromatic rings. The molecule has 1 heterocycles. The number of rotatable bonds is 6. The fraction of sp³-hybridized carbons (Fsp3) is 0.172. The van der Waals surface area contributed by atoms with Crippen LogP contribution < -0.4 is 10.1 Å². The summed E-state index contributed by atoms with van der Waals surface area (Å²) in [6.07, 6.45) is 0. The monoisotopic (exact) mass is 737 g/mol. The lowest BCUT2D eigenvalue weighted by atomic mass is 9.80. The summed E-state index contributed by atoms with van der Waals surface area (Å²) in [4.78, 5) is 26.9. The second-order valence-corrected chi connectivity index (χ2v) is 11.4. The van der Waals surface area contributed by atoms with Gasteiger partial charge in [0.1, 0.15) is 12.4 Å². The summed E-state index contributed by atoms with van der Waals surface area (Å²) in [5, 5.41) is 3.99. The predicted molar refractivity (Wildman–Crippen MR) is 161 cm³/mol. The third-order valence-corrected chi connectivity index (χ3v) is 8.40. The molecule has 188 valence electrons. The van der Waals surface area contributed by atoms with Crippen molar-refractivity contribution in [2.24, 2.45) is 0 Å². The van der Waals surface area contributed by atoms with Crippen LogP contribution in [0.1, 0.15) is 46.8 Å². The highest BCUT2D eigenvalue weighted by molar-refractivity contribution is 14.1. The van der Waals surface area contributed by atoms with E-state index in [0.29, 0.717) is 34.0 Å². The molecule has 1 aliphatic heterocycles. The molecule has 1 N–H and O–H groups in total. The lowest BCUT2D eigenvalue weighted by molar-refractivity contribution is -0.138. The van der Waals surface area contributed by atoms with Crippen LogP contribution in [0.5, 0.6) is 5.75 Å². The van der Waals surface area contributed by atoms with Crippen LogP contribution in [0, 0.1) is 7.14 Å². The fourth-order valence-corrected chi connectivity index (χ4v) is 7.11. The van der Waals surface area contributed by atoms with Crippen LogP contribution in [0.25, 0.3) is 5.70 Å². The van der Waals surface area contributed by atoms with E-state index in [0.717, 1.165) is 35.3 Å². The first-order chi connectivity index (χ1) is 17.8. The number of carbonyl (C=O) groups excluding carboxylic acids is 2. The number of halogens is 3. The molecule has 0 fully saturated rings. The van der Waals surface area contributed by atoms with E-state index in [-0.39, 0.29) is 12.4 Å². The van der Waals surface area contributed by atoms with Crippen LogP contribution in [0.4, 0.5) is 0 Å². The lowest BCUT2D eigenvalue weighted by Gasteiger charge is -2.29. The molecule has 0 bridgehead atoms. The Morgan fingerprint density at radius 3 is 2.35 bits per heavy atom. The number of Topliss-reactive ketones (excluding diaryl/α,β-unsaturated/α-hetero) is 1. The number of allylic oxidation sites excluding steroid dienone is 2. The van der Waals surface area contributed by atoms with E-state index in [1.165, 1.54) is 0 Å². The summed E-state index contributed by atoms with van der Waals surface area (Å²) in [6.45, 7) is 4.20. The zero-order chi connectivity index (χ0) is 26.3. The van der Waals surface area contributed by atoms with Gasteiger partial charge in [-0.25, -0.2) is 4.79 Å². The first kappa shape index (κ1) is 26.2. The number of carbonyl (C=O) groups is 2. The van der Waals surface area contributed by atoms with E-state index in [2.05, 4.69) is 50.5 Å². The van der Waals surface area contributed by atoms with E-state index in [1.807, 2.05) is 67.6 Å². The van der Waals surface area contributed by atoms with Crippen LogP contribution >= 0.6 is 56.8 Å². The number of dihydropyridines is 1. The molecule has 37 heavy (non-hydrogen) atoms. The molecule has 1 aliphatic carbocycles. The molecule has 0 unspecified atom stereocenters. The molecule has 0 saturated carbocycles. The Kier molecular flexibility index (Phi) is 7.65. The van der Waals surface area contributed by atoms with Gasteiger partial charge in [-0.2, -0.15) is 0 Å². The Morgan fingerprint density at radius 1 is 1.03 bits per heavy atom. The number of hydrogen-bond acceptors (Lipinski definition) is 5. The highest BCUT2D eigenvalue weighted by Crippen LogP contribution is 2.48. The van der Waals surface area contributed by atoms with Crippen molar-refractivity contribution < 1.29 is 19.1 Å². The number of ketones is 1. The van der Waals surface area contributed by atoms with Gasteiger partial charge in [0, 0.05) is 38.9 Å². The third kappa shape index (κ3) is 4.81. The Labute approximate surface area is 247 Å². The van der Waals surface area contributed by atoms with Crippen LogP contribution in [0.2, 0.25) is 5.02 Å². The van der Waals surface area contributed by atoms with Gasteiger partial charge in [-0.3, -0.25) is 4.79 Å². The minimum Gasteiger partial charge on any atom is -0.487 e. The molecule has 5 rings (SSSR count). The van der Waals surface area contributed by atoms with E-state index in [9.17, 15) is 9.59 Å². The molecule has 1 atom stereocenters. The average molecular weight is 738 g/mol. The molecule has 0 spiro atoms. The quantitative estimate of drug-likeness (QED) is 0.213. The largest absolute Gasteiger partial charge is 0.487 e. The van der Waals surface area contributed by atoms with Crippen molar-refractivity contribution >= 4 is 74.2 Å². The SMILES string of the molecule is CCOC(=O)C1=C(C)NC2=C(C(=O)c3ccccc32)[C@H]1c1cc(I)c(OCc2ccccc2Cl)c(I)c1. The lowest BCUT2D eigenvalue weighted by Crippen LogP contribution is -2.29. The highest BCUT2D eigenvalue weighted by atomic mass is 127. The minimum absolute atomic E-state index is 0.0820. The standard InChI is InChI=1S/C29H22ClI2NO4/c1-3-36-29(35)23-15(2)33-26-18-9-5-6-10-19(18)27(34)25(26)24(23)17-12-21(31)28(22(32)13-17)37-14-16-8-4-7-11-20(16)30/h4-13,24,33H,3,14H2,1-2H3/t24-/m0/s1. The van der Waals surface area contributed by atoms with Crippen molar-refractivity contribution in [3.63, 3.8) is 0 Å². The molecule has 2 aliphatic rings. The number of nitrogens with one attached hydrogen (secondary N) is 1. The van der Waals surface area contributed by atoms with Gasteiger partial charge in [-0.15, -0.1) is 0 Å². The van der Waals surface area contributed by atoms with Gasteiger partial charge in [0.25, 0.3) is 0 Å².